The van der Waals surface area contributed by atoms with Crippen LogP contribution in [0.25, 0.3) is 0 Å². The zero-order valence-corrected chi connectivity index (χ0v) is 16.8. The summed E-state index contributed by atoms with van der Waals surface area (Å²) in [4.78, 5) is 25.3. The second-order valence-electron chi connectivity index (χ2n) is 8.37. The van der Waals surface area contributed by atoms with Crippen molar-refractivity contribution in [3.63, 3.8) is 0 Å². The number of rotatable bonds is 3. The number of aliphatic hydroxyl groups excluding tert-OH is 4. The van der Waals surface area contributed by atoms with Gasteiger partial charge in [0.05, 0.1) is 12.5 Å². The number of ether oxygens (including phenoxy) is 3. The lowest BCUT2D eigenvalue weighted by molar-refractivity contribution is -0.290. The summed E-state index contributed by atoms with van der Waals surface area (Å²) in [6.45, 7) is 6.79. The summed E-state index contributed by atoms with van der Waals surface area (Å²) in [5.41, 5.74) is 2.31. The molecule has 0 saturated carbocycles. The largest absolute Gasteiger partial charge is 0.458 e. The lowest BCUT2D eigenvalue weighted by Gasteiger charge is -2.39. The number of hydrogen-bond donors (Lipinski definition) is 4. The number of Topliss-reactive ketones (excluding diaryl/α,β-unsaturated/α-hetero) is 1. The number of carbonyl (C=O) groups excluding carboxylic acids is 2. The number of fused-ring (bicyclic) bond motifs is 3. The number of hydrogen-bond acceptors (Lipinski definition) is 9. The van der Waals surface area contributed by atoms with E-state index in [9.17, 15) is 30.0 Å². The number of ketones is 1. The highest BCUT2D eigenvalue weighted by molar-refractivity contribution is 6.12. The van der Waals surface area contributed by atoms with E-state index >= 15 is 0 Å². The third kappa shape index (κ3) is 3.04. The molecule has 2 fully saturated rings. The molecule has 2 heterocycles. The van der Waals surface area contributed by atoms with Gasteiger partial charge in [0, 0.05) is 17.1 Å². The van der Waals surface area contributed by atoms with E-state index in [2.05, 4.69) is 6.58 Å². The van der Waals surface area contributed by atoms with Gasteiger partial charge in [0.25, 0.3) is 0 Å². The van der Waals surface area contributed by atoms with Crippen LogP contribution in [-0.2, 0) is 23.8 Å². The molecule has 2 saturated heterocycles. The van der Waals surface area contributed by atoms with E-state index in [0.717, 1.165) is 5.57 Å². The van der Waals surface area contributed by atoms with Crippen LogP contribution in [0.4, 0.5) is 0 Å². The number of esters is 1. The Morgan fingerprint density at radius 3 is 2.50 bits per heavy atom. The first-order valence-electron chi connectivity index (χ1n) is 9.99. The standard InChI is InChI=1S/C21H26O9/c1-7-4-5-10-8(2)20(27)29-19(10)13-9(3)18(15(24)12(7)13)30-21-17(26)16(25)14(23)11(6-22)28-21/h10-11,13-14,16-17,19,21-23,25-26H,2,4-6H2,1,3H3. The number of allylic oxidation sites excluding steroid dienone is 2. The van der Waals surface area contributed by atoms with Gasteiger partial charge in [-0.3, -0.25) is 4.79 Å². The Hall–Kier alpha value is -2.04. The Kier molecular flexibility index (Phi) is 5.36. The van der Waals surface area contributed by atoms with Crippen molar-refractivity contribution in [3.8, 4) is 0 Å². The monoisotopic (exact) mass is 422 g/mol. The smallest absolute Gasteiger partial charge is 0.334 e. The minimum Gasteiger partial charge on any atom is -0.458 e. The van der Waals surface area contributed by atoms with E-state index < -0.39 is 55.3 Å². The Labute approximate surface area is 173 Å². The van der Waals surface area contributed by atoms with E-state index in [4.69, 9.17) is 14.2 Å². The van der Waals surface area contributed by atoms with Crippen molar-refractivity contribution in [1.29, 1.82) is 0 Å². The molecular weight excluding hydrogens is 396 g/mol. The molecule has 0 aromatic heterocycles. The molecule has 8 unspecified atom stereocenters. The van der Waals surface area contributed by atoms with Crippen molar-refractivity contribution in [2.24, 2.45) is 11.8 Å². The van der Waals surface area contributed by atoms with Crippen LogP contribution in [0.1, 0.15) is 26.7 Å². The molecule has 0 spiro atoms. The maximum absolute atomic E-state index is 13.2. The van der Waals surface area contributed by atoms with Crippen LogP contribution in [0.2, 0.25) is 0 Å². The van der Waals surface area contributed by atoms with E-state index in [0.29, 0.717) is 29.6 Å². The zero-order valence-electron chi connectivity index (χ0n) is 16.8. The fraction of sp³-hybridized carbons (Fsp3) is 0.619. The van der Waals surface area contributed by atoms with Gasteiger partial charge in [-0.15, -0.1) is 0 Å². The van der Waals surface area contributed by atoms with E-state index in [-0.39, 0.29) is 17.5 Å². The van der Waals surface area contributed by atoms with Crippen LogP contribution in [0.3, 0.4) is 0 Å². The third-order valence-corrected chi connectivity index (χ3v) is 6.64. The average Bonchev–Trinajstić information content (AvgIpc) is 3.06. The van der Waals surface area contributed by atoms with Gasteiger partial charge in [0.1, 0.15) is 30.5 Å². The highest BCUT2D eigenvalue weighted by atomic mass is 16.7. The summed E-state index contributed by atoms with van der Waals surface area (Å²) >= 11 is 0. The van der Waals surface area contributed by atoms with Crippen molar-refractivity contribution in [2.75, 3.05) is 6.61 Å². The van der Waals surface area contributed by atoms with Crippen LogP contribution in [0, 0.1) is 11.8 Å². The minimum atomic E-state index is -1.63. The fourth-order valence-corrected chi connectivity index (χ4v) is 4.87. The molecule has 2 aliphatic heterocycles. The molecule has 4 N–H and O–H groups in total. The summed E-state index contributed by atoms with van der Waals surface area (Å²) < 4.78 is 16.6. The Bertz CT molecular complexity index is 855. The summed E-state index contributed by atoms with van der Waals surface area (Å²) in [6.07, 6.45) is -6.69. The third-order valence-electron chi connectivity index (χ3n) is 6.64. The van der Waals surface area contributed by atoms with Crippen LogP contribution >= 0.6 is 0 Å². The molecule has 0 radical (unpaired) electrons. The first-order chi connectivity index (χ1) is 14.2. The molecule has 0 aromatic rings. The average molecular weight is 422 g/mol. The van der Waals surface area contributed by atoms with Crippen molar-refractivity contribution < 1.29 is 44.2 Å². The van der Waals surface area contributed by atoms with Crippen molar-refractivity contribution in [2.45, 2.75) is 63.5 Å². The van der Waals surface area contributed by atoms with Gasteiger partial charge >= 0.3 is 5.97 Å². The highest BCUT2D eigenvalue weighted by Crippen LogP contribution is 2.49. The van der Waals surface area contributed by atoms with E-state index in [1.54, 1.807) is 6.92 Å². The molecule has 4 aliphatic rings. The van der Waals surface area contributed by atoms with E-state index in [1.807, 2.05) is 6.92 Å². The zero-order chi connectivity index (χ0) is 21.9. The second-order valence-corrected chi connectivity index (χ2v) is 8.37. The van der Waals surface area contributed by atoms with Crippen molar-refractivity contribution in [1.82, 2.24) is 0 Å². The van der Waals surface area contributed by atoms with Gasteiger partial charge < -0.3 is 34.6 Å². The van der Waals surface area contributed by atoms with Gasteiger partial charge in [-0.25, -0.2) is 4.79 Å². The lowest BCUT2D eigenvalue weighted by Crippen LogP contribution is -2.59. The van der Waals surface area contributed by atoms with Crippen LogP contribution in [0.15, 0.2) is 34.6 Å². The van der Waals surface area contributed by atoms with E-state index in [1.165, 1.54) is 0 Å². The SMILES string of the molecule is C=C1C(=O)OC2C1CCC(C)=C1C(=O)C(OC3OC(CO)C(O)C(O)C3O)=C(C)C12. The Balaban J connectivity index is 1.67. The fourth-order valence-electron chi connectivity index (χ4n) is 4.87. The molecule has 8 atom stereocenters. The predicted molar refractivity (Wildman–Crippen MR) is 100 cm³/mol. The lowest BCUT2D eigenvalue weighted by atomic mass is 9.83. The van der Waals surface area contributed by atoms with Gasteiger partial charge in [-0.1, -0.05) is 12.2 Å². The second kappa shape index (κ2) is 7.58. The van der Waals surface area contributed by atoms with Gasteiger partial charge in [-0.2, -0.15) is 0 Å². The molecule has 30 heavy (non-hydrogen) atoms. The Morgan fingerprint density at radius 2 is 1.83 bits per heavy atom. The van der Waals surface area contributed by atoms with Crippen LogP contribution < -0.4 is 0 Å². The minimum absolute atomic E-state index is 0.0482. The number of aliphatic hydroxyl groups is 4. The summed E-state index contributed by atoms with van der Waals surface area (Å²) in [5.74, 6) is -1.60. The van der Waals surface area contributed by atoms with Gasteiger partial charge in [0.15, 0.2) is 5.76 Å². The molecule has 9 heteroatoms. The van der Waals surface area contributed by atoms with Gasteiger partial charge in [0.2, 0.25) is 12.1 Å². The maximum atomic E-state index is 13.2. The molecule has 4 rings (SSSR count). The molecule has 164 valence electrons. The normalized spacial score (nSPS) is 41.6. The first kappa shape index (κ1) is 21.2. The Morgan fingerprint density at radius 1 is 1.13 bits per heavy atom. The summed E-state index contributed by atoms with van der Waals surface area (Å²) in [6, 6.07) is 0. The molecule has 2 aliphatic carbocycles. The molecule has 9 nitrogen and oxygen atoms in total. The summed E-state index contributed by atoms with van der Waals surface area (Å²) in [7, 11) is 0. The van der Waals surface area contributed by atoms with Crippen molar-refractivity contribution >= 4 is 11.8 Å². The number of carbonyl (C=O) groups is 2. The highest BCUT2D eigenvalue weighted by Gasteiger charge is 2.53. The quantitative estimate of drug-likeness (QED) is 0.349. The topological polar surface area (TPSA) is 143 Å². The van der Waals surface area contributed by atoms with Crippen LogP contribution in [0.5, 0.6) is 0 Å². The molecule has 0 bridgehead atoms. The molecule has 0 aromatic carbocycles. The van der Waals surface area contributed by atoms with Gasteiger partial charge in [-0.05, 0) is 32.3 Å². The maximum Gasteiger partial charge on any atom is 0.334 e. The molecule has 0 amide bonds. The predicted octanol–water partition coefficient (Wildman–Crippen LogP) is -0.516. The van der Waals surface area contributed by atoms with Crippen LogP contribution in [-0.4, -0.2) is 75.6 Å². The summed E-state index contributed by atoms with van der Waals surface area (Å²) in [5, 5.41) is 39.5. The molecular formula is C21H26O9. The van der Waals surface area contributed by atoms with Crippen molar-refractivity contribution in [3.05, 3.63) is 34.6 Å². The first-order valence-corrected chi connectivity index (χ1v) is 9.99.